The van der Waals surface area contributed by atoms with Crippen molar-refractivity contribution in [2.75, 3.05) is 33.2 Å². The van der Waals surface area contributed by atoms with Crippen molar-refractivity contribution >= 4 is 12.1 Å². The minimum Gasteiger partial charge on any atom is -0.444 e. The van der Waals surface area contributed by atoms with Gasteiger partial charge in [0, 0.05) is 33.2 Å². The highest BCUT2D eigenvalue weighted by molar-refractivity contribution is 5.79. The van der Waals surface area contributed by atoms with Crippen molar-refractivity contribution in [3.8, 4) is 0 Å². The molecule has 6 nitrogen and oxygen atoms in total. The van der Waals surface area contributed by atoms with Gasteiger partial charge in [-0.2, -0.15) is 13.2 Å². The largest absolute Gasteiger partial charge is 0.444 e. The molecule has 9 heteroatoms. The van der Waals surface area contributed by atoms with E-state index >= 15 is 0 Å². The van der Waals surface area contributed by atoms with E-state index in [0.717, 1.165) is 6.42 Å². The lowest BCUT2D eigenvalue weighted by molar-refractivity contribution is -0.132. The number of nitrogens with one attached hydrogen (secondary N) is 2. The van der Waals surface area contributed by atoms with Crippen LogP contribution in [0.4, 0.5) is 18.0 Å². The summed E-state index contributed by atoms with van der Waals surface area (Å²) in [6.45, 7) is 8.32. The van der Waals surface area contributed by atoms with Crippen molar-refractivity contribution in [1.29, 1.82) is 0 Å². The zero-order valence-electron chi connectivity index (χ0n) is 15.1. The summed E-state index contributed by atoms with van der Waals surface area (Å²) < 4.78 is 41.7. The van der Waals surface area contributed by atoms with Crippen LogP contribution in [0.1, 0.15) is 40.5 Å². The molecule has 0 spiro atoms. The number of rotatable bonds is 7. The standard InChI is InChI=1S/C15H29F3N4O2/c1-6-10-22(13(23)24-14(2,3)4)11-9-21-12(19-5)20-8-7-15(16,17)18/h6-11H2,1-5H3,(H2,19,20,21). The predicted molar refractivity (Wildman–Crippen MR) is 88.1 cm³/mol. The molecular weight excluding hydrogens is 325 g/mol. The van der Waals surface area contributed by atoms with Crippen LogP contribution in [0.3, 0.4) is 0 Å². The summed E-state index contributed by atoms with van der Waals surface area (Å²) in [5, 5.41) is 5.47. The topological polar surface area (TPSA) is 66.0 Å². The van der Waals surface area contributed by atoms with Crippen LogP contribution in [-0.2, 0) is 4.74 Å². The van der Waals surface area contributed by atoms with Gasteiger partial charge in [0.05, 0.1) is 6.42 Å². The quantitative estimate of drug-likeness (QED) is 0.545. The minimum atomic E-state index is -4.21. The number of ether oxygens (including phenoxy) is 1. The summed E-state index contributed by atoms with van der Waals surface area (Å²) in [7, 11) is 1.47. The third kappa shape index (κ3) is 11.8. The van der Waals surface area contributed by atoms with Crippen LogP contribution >= 0.6 is 0 Å². The van der Waals surface area contributed by atoms with Crippen molar-refractivity contribution < 1.29 is 22.7 Å². The van der Waals surface area contributed by atoms with Gasteiger partial charge < -0.3 is 20.3 Å². The maximum atomic E-state index is 12.1. The van der Waals surface area contributed by atoms with Crippen molar-refractivity contribution in [2.45, 2.75) is 52.3 Å². The van der Waals surface area contributed by atoms with Crippen LogP contribution < -0.4 is 10.6 Å². The maximum Gasteiger partial charge on any atom is 0.410 e. The Kier molecular flexibility index (Phi) is 9.53. The number of halogens is 3. The molecule has 0 fully saturated rings. The van der Waals surface area contributed by atoms with Gasteiger partial charge in [-0.3, -0.25) is 4.99 Å². The van der Waals surface area contributed by atoms with E-state index in [4.69, 9.17) is 4.74 Å². The molecule has 0 rings (SSSR count). The second-order valence-electron chi connectivity index (χ2n) is 6.26. The van der Waals surface area contributed by atoms with Gasteiger partial charge in [0.2, 0.25) is 0 Å². The van der Waals surface area contributed by atoms with E-state index in [-0.39, 0.29) is 12.5 Å². The summed E-state index contributed by atoms with van der Waals surface area (Å²) in [6.07, 6.45) is -4.78. The minimum absolute atomic E-state index is 0.256. The zero-order valence-corrected chi connectivity index (χ0v) is 15.1. The third-order valence-corrected chi connectivity index (χ3v) is 2.74. The van der Waals surface area contributed by atoms with Gasteiger partial charge in [0.15, 0.2) is 5.96 Å². The zero-order chi connectivity index (χ0) is 18.8. The van der Waals surface area contributed by atoms with E-state index in [1.807, 2.05) is 6.92 Å². The molecule has 0 aliphatic heterocycles. The number of nitrogens with zero attached hydrogens (tertiary/aromatic N) is 2. The van der Waals surface area contributed by atoms with Gasteiger partial charge in [-0.25, -0.2) is 4.79 Å². The van der Waals surface area contributed by atoms with Crippen molar-refractivity contribution in [3.63, 3.8) is 0 Å². The SMILES string of the molecule is CCCN(CCNC(=NC)NCCC(F)(F)F)C(=O)OC(C)(C)C. The smallest absolute Gasteiger partial charge is 0.410 e. The van der Waals surface area contributed by atoms with E-state index in [0.29, 0.717) is 19.6 Å². The molecule has 24 heavy (non-hydrogen) atoms. The Labute approximate surface area is 141 Å². The summed E-state index contributed by atoms with van der Waals surface area (Å²) in [5.41, 5.74) is -0.578. The maximum absolute atomic E-state index is 12.1. The Hall–Kier alpha value is -1.67. The number of carbonyl (C=O) groups is 1. The number of aliphatic imine (C=N–C) groups is 1. The number of hydrogen-bond donors (Lipinski definition) is 2. The monoisotopic (exact) mass is 354 g/mol. The number of guanidine groups is 1. The first-order valence-corrected chi connectivity index (χ1v) is 7.97. The molecule has 0 aromatic heterocycles. The molecule has 0 aromatic carbocycles. The van der Waals surface area contributed by atoms with Crippen molar-refractivity contribution in [2.24, 2.45) is 4.99 Å². The molecule has 0 aliphatic carbocycles. The Morgan fingerprint density at radius 2 is 1.71 bits per heavy atom. The molecule has 142 valence electrons. The average molecular weight is 354 g/mol. The number of carbonyl (C=O) groups excluding carboxylic acids is 1. The summed E-state index contributed by atoms with van der Waals surface area (Å²) in [6, 6.07) is 0. The van der Waals surface area contributed by atoms with Gasteiger partial charge in [-0.15, -0.1) is 0 Å². The Morgan fingerprint density at radius 3 is 2.17 bits per heavy atom. The molecule has 0 bridgehead atoms. The summed E-state index contributed by atoms with van der Waals surface area (Å²) in [4.78, 5) is 17.5. The molecule has 0 unspecified atom stereocenters. The fourth-order valence-electron chi connectivity index (χ4n) is 1.74. The van der Waals surface area contributed by atoms with Gasteiger partial charge in [0.1, 0.15) is 5.60 Å². The first-order valence-electron chi connectivity index (χ1n) is 7.97. The Bertz CT molecular complexity index is 407. The van der Waals surface area contributed by atoms with E-state index in [1.54, 1.807) is 25.7 Å². The fourth-order valence-corrected chi connectivity index (χ4v) is 1.74. The Morgan fingerprint density at radius 1 is 1.12 bits per heavy atom. The van der Waals surface area contributed by atoms with E-state index in [1.165, 1.54) is 7.05 Å². The number of alkyl halides is 3. The van der Waals surface area contributed by atoms with Gasteiger partial charge in [0.25, 0.3) is 0 Å². The van der Waals surface area contributed by atoms with Gasteiger partial charge >= 0.3 is 12.3 Å². The summed E-state index contributed by atoms with van der Waals surface area (Å²) in [5.74, 6) is 0.264. The highest BCUT2D eigenvalue weighted by atomic mass is 19.4. The van der Waals surface area contributed by atoms with Gasteiger partial charge in [-0.1, -0.05) is 6.92 Å². The molecule has 0 heterocycles. The highest BCUT2D eigenvalue weighted by Crippen LogP contribution is 2.18. The molecular formula is C15H29F3N4O2. The lowest BCUT2D eigenvalue weighted by Crippen LogP contribution is -2.45. The predicted octanol–water partition coefficient (Wildman–Crippen LogP) is 2.75. The van der Waals surface area contributed by atoms with Crippen molar-refractivity contribution in [3.05, 3.63) is 0 Å². The van der Waals surface area contributed by atoms with Crippen LogP contribution in [0, 0.1) is 0 Å². The molecule has 2 N–H and O–H groups in total. The normalized spacial score (nSPS) is 12.8. The molecule has 0 aromatic rings. The average Bonchev–Trinajstić information content (AvgIpc) is 2.41. The third-order valence-electron chi connectivity index (χ3n) is 2.74. The lowest BCUT2D eigenvalue weighted by atomic mass is 10.2. The fraction of sp³-hybridized carbons (Fsp3) is 0.867. The van der Waals surface area contributed by atoms with Crippen molar-refractivity contribution in [1.82, 2.24) is 15.5 Å². The molecule has 0 saturated carbocycles. The highest BCUT2D eigenvalue weighted by Gasteiger charge is 2.26. The first kappa shape index (κ1) is 22.3. The second kappa shape index (κ2) is 10.2. The number of hydrogen-bond acceptors (Lipinski definition) is 3. The molecule has 0 radical (unpaired) electrons. The van der Waals surface area contributed by atoms with Gasteiger partial charge in [-0.05, 0) is 27.2 Å². The van der Waals surface area contributed by atoms with Crippen LogP contribution in [0.15, 0.2) is 4.99 Å². The van der Waals surface area contributed by atoms with E-state index in [2.05, 4.69) is 15.6 Å². The molecule has 0 atom stereocenters. The van der Waals surface area contributed by atoms with E-state index in [9.17, 15) is 18.0 Å². The van der Waals surface area contributed by atoms with Crippen LogP contribution in [-0.4, -0.2) is 62.0 Å². The molecule has 0 saturated heterocycles. The summed E-state index contributed by atoms with van der Waals surface area (Å²) >= 11 is 0. The van der Waals surface area contributed by atoms with E-state index < -0.39 is 24.3 Å². The van der Waals surface area contributed by atoms with Crippen LogP contribution in [0.2, 0.25) is 0 Å². The lowest BCUT2D eigenvalue weighted by Gasteiger charge is -2.27. The first-order chi connectivity index (χ1) is 11.0. The van der Waals surface area contributed by atoms with Crippen LogP contribution in [0.5, 0.6) is 0 Å². The van der Waals surface area contributed by atoms with Crippen LogP contribution in [0.25, 0.3) is 0 Å². The second-order valence-corrected chi connectivity index (χ2v) is 6.26. The molecule has 0 aliphatic rings. The molecule has 1 amide bonds. The Balaban J connectivity index is 4.32. The number of amides is 1.